The summed E-state index contributed by atoms with van der Waals surface area (Å²) in [5.74, 6) is 1.57. The van der Waals surface area contributed by atoms with E-state index in [-0.39, 0.29) is 0 Å². The summed E-state index contributed by atoms with van der Waals surface area (Å²) in [5.41, 5.74) is 1.10. The molecule has 1 aromatic rings. The van der Waals surface area contributed by atoms with Gasteiger partial charge in [-0.25, -0.2) is 4.98 Å². The van der Waals surface area contributed by atoms with Crippen LogP contribution in [0.3, 0.4) is 0 Å². The number of rotatable bonds is 4. The van der Waals surface area contributed by atoms with Crippen molar-refractivity contribution in [2.75, 3.05) is 7.11 Å². The molecule has 0 N–H and O–H groups in total. The molecule has 1 saturated carbocycles. The second-order valence-electron chi connectivity index (χ2n) is 3.51. The largest absolute Gasteiger partial charge is 0.489 e. The van der Waals surface area contributed by atoms with E-state index in [1.807, 2.05) is 6.07 Å². The Morgan fingerprint density at radius 3 is 2.86 bits per heavy atom. The van der Waals surface area contributed by atoms with Gasteiger partial charge in [0.1, 0.15) is 5.75 Å². The summed E-state index contributed by atoms with van der Waals surface area (Å²) in [7, 11) is 1.64. The minimum Gasteiger partial charge on any atom is -0.489 e. The predicted octanol–water partition coefficient (Wildman–Crippen LogP) is 2.19. The van der Waals surface area contributed by atoms with Crippen LogP contribution < -0.4 is 9.47 Å². The Balaban J connectivity index is 2.16. The smallest absolute Gasteiger partial charge is 0.216 e. The Bertz CT molecular complexity index is 321. The molecule has 1 aromatic heterocycles. The van der Waals surface area contributed by atoms with E-state index in [9.17, 15) is 0 Å². The van der Waals surface area contributed by atoms with Crippen molar-refractivity contribution in [1.82, 2.24) is 4.98 Å². The number of aromatic nitrogens is 1. The van der Waals surface area contributed by atoms with Gasteiger partial charge in [-0.3, -0.25) is 0 Å². The zero-order chi connectivity index (χ0) is 9.97. The molecule has 0 amide bonds. The van der Waals surface area contributed by atoms with Gasteiger partial charge in [0.25, 0.3) is 0 Å². The molecule has 0 aromatic carbocycles. The molecule has 3 heteroatoms. The van der Waals surface area contributed by atoms with Gasteiger partial charge < -0.3 is 9.47 Å². The first-order chi connectivity index (χ1) is 6.83. The molecule has 0 radical (unpaired) electrons. The highest BCUT2D eigenvalue weighted by Crippen LogP contribution is 2.28. The minimum absolute atomic E-state index is 0.426. The number of nitrogens with zero attached hydrogens (tertiary/aromatic N) is 1. The van der Waals surface area contributed by atoms with Gasteiger partial charge in [0.15, 0.2) is 0 Å². The quantitative estimate of drug-likeness (QED) is 0.734. The van der Waals surface area contributed by atoms with Gasteiger partial charge in [-0.05, 0) is 25.3 Å². The molecule has 0 spiro atoms. The van der Waals surface area contributed by atoms with Crippen molar-refractivity contribution in [3.05, 3.63) is 17.8 Å². The molecule has 1 aliphatic rings. The molecule has 76 valence electrons. The third-order valence-corrected chi connectivity index (χ3v) is 2.30. The normalized spacial score (nSPS) is 15.3. The average Bonchev–Trinajstić information content (AvgIpc) is 3.01. The Labute approximate surface area is 84.1 Å². The Morgan fingerprint density at radius 1 is 1.50 bits per heavy atom. The van der Waals surface area contributed by atoms with E-state index in [0.717, 1.165) is 17.7 Å². The van der Waals surface area contributed by atoms with Gasteiger partial charge in [0, 0.05) is 5.56 Å². The van der Waals surface area contributed by atoms with Crippen LogP contribution in [0.25, 0.3) is 0 Å². The fraction of sp³-hybridized carbons (Fsp3) is 0.545. The van der Waals surface area contributed by atoms with Crippen molar-refractivity contribution in [2.45, 2.75) is 32.3 Å². The topological polar surface area (TPSA) is 31.4 Å². The third kappa shape index (κ3) is 1.97. The molecule has 0 aliphatic heterocycles. The van der Waals surface area contributed by atoms with Gasteiger partial charge in [0.05, 0.1) is 19.4 Å². The number of aryl methyl sites for hydroxylation is 1. The molecule has 14 heavy (non-hydrogen) atoms. The number of methoxy groups -OCH3 is 1. The van der Waals surface area contributed by atoms with Gasteiger partial charge in [-0.2, -0.15) is 0 Å². The highest BCUT2D eigenvalue weighted by Gasteiger charge is 2.23. The molecule has 1 heterocycles. The van der Waals surface area contributed by atoms with Crippen LogP contribution in [0.2, 0.25) is 0 Å². The van der Waals surface area contributed by atoms with Gasteiger partial charge in [-0.1, -0.05) is 6.92 Å². The molecule has 0 bridgehead atoms. The summed E-state index contributed by atoms with van der Waals surface area (Å²) in [6.45, 7) is 2.08. The highest BCUT2D eigenvalue weighted by atomic mass is 16.5. The third-order valence-electron chi connectivity index (χ3n) is 2.30. The summed E-state index contributed by atoms with van der Waals surface area (Å²) in [4.78, 5) is 4.20. The SMILES string of the molecule is CCc1cc(OC2CC2)cnc1OC. The summed E-state index contributed by atoms with van der Waals surface area (Å²) in [6.07, 6.45) is 5.42. The van der Waals surface area contributed by atoms with Crippen molar-refractivity contribution >= 4 is 0 Å². The van der Waals surface area contributed by atoms with Crippen LogP contribution >= 0.6 is 0 Å². The highest BCUT2D eigenvalue weighted by molar-refractivity contribution is 5.33. The van der Waals surface area contributed by atoms with Crippen LogP contribution in [-0.4, -0.2) is 18.2 Å². The zero-order valence-electron chi connectivity index (χ0n) is 8.62. The fourth-order valence-corrected chi connectivity index (χ4v) is 1.36. The van der Waals surface area contributed by atoms with Crippen LogP contribution in [-0.2, 0) is 6.42 Å². The lowest BCUT2D eigenvalue weighted by Gasteiger charge is -2.08. The Hall–Kier alpha value is -1.25. The molecule has 1 fully saturated rings. The number of ether oxygens (including phenoxy) is 2. The molecule has 0 atom stereocenters. The molecule has 3 nitrogen and oxygen atoms in total. The first kappa shape index (κ1) is 9.31. The maximum Gasteiger partial charge on any atom is 0.216 e. The van der Waals surface area contributed by atoms with E-state index < -0.39 is 0 Å². The molecule has 0 saturated heterocycles. The van der Waals surface area contributed by atoms with E-state index in [4.69, 9.17) is 9.47 Å². The van der Waals surface area contributed by atoms with E-state index in [2.05, 4.69) is 11.9 Å². The van der Waals surface area contributed by atoms with Crippen molar-refractivity contribution in [3.8, 4) is 11.6 Å². The lowest BCUT2D eigenvalue weighted by molar-refractivity contribution is 0.299. The van der Waals surface area contributed by atoms with Crippen molar-refractivity contribution in [1.29, 1.82) is 0 Å². The molecule has 2 rings (SSSR count). The van der Waals surface area contributed by atoms with Crippen LogP contribution in [0.1, 0.15) is 25.3 Å². The summed E-state index contributed by atoms with van der Waals surface area (Å²) in [5, 5.41) is 0. The molecule has 1 aliphatic carbocycles. The molecular formula is C11H15NO2. The summed E-state index contributed by atoms with van der Waals surface area (Å²) in [6, 6.07) is 2.02. The second kappa shape index (κ2) is 3.86. The number of pyridine rings is 1. The van der Waals surface area contributed by atoms with Crippen LogP contribution in [0.4, 0.5) is 0 Å². The zero-order valence-corrected chi connectivity index (χ0v) is 8.62. The maximum atomic E-state index is 5.65. The first-order valence-electron chi connectivity index (χ1n) is 5.03. The second-order valence-corrected chi connectivity index (χ2v) is 3.51. The van der Waals surface area contributed by atoms with Gasteiger partial charge in [-0.15, -0.1) is 0 Å². The van der Waals surface area contributed by atoms with E-state index >= 15 is 0 Å². The van der Waals surface area contributed by atoms with E-state index in [1.165, 1.54) is 12.8 Å². The van der Waals surface area contributed by atoms with Crippen LogP contribution in [0.5, 0.6) is 11.6 Å². The standard InChI is InChI=1S/C11H15NO2/c1-3-8-6-10(14-9-4-5-9)7-12-11(8)13-2/h6-7,9H,3-5H2,1-2H3. The number of hydrogen-bond donors (Lipinski definition) is 0. The molecular weight excluding hydrogens is 178 g/mol. The summed E-state index contributed by atoms with van der Waals surface area (Å²) < 4.78 is 10.8. The van der Waals surface area contributed by atoms with Gasteiger partial charge in [0.2, 0.25) is 5.88 Å². The minimum atomic E-state index is 0.426. The van der Waals surface area contributed by atoms with Crippen molar-refractivity contribution in [2.24, 2.45) is 0 Å². The lowest BCUT2D eigenvalue weighted by atomic mass is 10.2. The first-order valence-corrected chi connectivity index (χ1v) is 5.03. The van der Waals surface area contributed by atoms with E-state index in [1.54, 1.807) is 13.3 Å². The van der Waals surface area contributed by atoms with Crippen molar-refractivity contribution < 1.29 is 9.47 Å². The maximum absolute atomic E-state index is 5.65. The van der Waals surface area contributed by atoms with E-state index in [0.29, 0.717) is 12.0 Å². The van der Waals surface area contributed by atoms with Crippen LogP contribution in [0.15, 0.2) is 12.3 Å². The Morgan fingerprint density at radius 2 is 2.29 bits per heavy atom. The predicted molar refractivity (Wildman–Crippen MR) is 53.8 cm³/mol. The van der Waals surface area contributed by atoms with Gasteiger partial charge >= 0.3 is 0 Å². The monoisotopic (exact) mass is 193 g/mol. The van der Waals surface area contributed by atoms with Crippen LogP contribution in [0, 0.1) is 0 Å². The summed E-state index contributed by atoms with van der Waals surface area (Å²) >= 11 is 0. The Kier molecular flexibility index (Phi) is 2.57. The fourth-order valence-electron chi connectivity index (χ4n) is 1.36. The number of hydrogen-bond acceptors (Lipinski definition) is 3. The average molecular weight is 193 g/mol. The lowest BCUT2D eigenvalue weighted by Crippen LogP contribution is -1.99. The molecule has 0 unspecified atom stereocenters. The van der Waals surface area contributed by atoms with Crippen molar-refractivity contribution in [3.63, 3.8) is 0 Å².